The van der Waals surface area contributed by atoms with E-state index >= 15 is 0 Å². The monoisotopic (exact) mass is 336 g/mol. The Kier molecular flexibility index (Phi) is 5.23. The van der Waals surface area contributed by atoms with Gasteiger partial charge in [-0.3, -0.25) is 0 Å². The molecule has 0 saturated heterocycles. The lowest BCUT2D eigenvalue weighted by molar-refractivity contribution is 0.497. The first-order chi connectivity index (χ1) is 11.8. The molecule has 0 aliphatic heterocycles. The predicted molar refractivity (Wildman–Crippen MR) is 95.1 cm³/mol. The third-order valence-electron chi connectivity index (χ3n) is 4.51. The molecule has 1 aromatic carbocycles. The van der Waals surface area contributed by atoms with E-state index in [1.807, 2.05) is 29.0 Å². The highest BCUT2D eigenvalue weighted by molar-refractivity contribution is 8.00. The summed E-state index contributed by atoms with van der Waals surface area (Å²) in [5, 5.41) is 19.7. The topological polar surface area (TPSA) is 65.4 Å². The van der Waals surface area contributed by atoms with Crippen LogP contribution in [0.5, 0.6) is 0 Å². The quantitative estimate of drug-likeness (QED) is 0.819. The standard InChI is InChI=1S/C19H20N4S/c20-13-17-6-4-5-16(11-17)12-19(14-21,23-10-9-22-15-23)24-18-7-2-1-3-8-18/h4-6,9-11,15,18H,1-3,7-8,12H2. The highest BCUT2D eigenvalue weighted by atomic mass is 32.2. The molecule has 1 unspecified atom stereocenters. The molecule has 1 fully saturated rings. The van der Waals surface area contributed by atoms with E-state index in [1.165, 1.54) is 32.1 Å². The second-order valence-corrected chi connectivity index (χ2v) is 7.81. The van der Waals surface area contributed by atoms with Gasteiger partial charge in [-0.25, -0.2) is 4.98 Å². The van der Waals surface area contributed by atoms with E-state index in [9.17, 15) is 5.26 Å². The average Bonchev–Trinajstić information content (AvgIpc) is 3.17. The zero-order chi connectivity index (χ0) is 16.8. The Morgan fingerprint density at radius 2 is 2.08 bits per heavy atom. The first-order valence-electron chi connectivity index (χ1n) is 8.32. The van der Waals surface area contributed by atoms with Gasteiger partial charge in [0.1, 0.15) is 6.07 Å². The Balaban J connectivity index is 1.92. The highest BCUT2D eigenvalue weighted by Crippen LogP contribution is 2.42. The molecule has 5 heteroatoms. The predicted octanol–water partition coefficient (Wildman–Crippen LogP) is 4.24. The van der Waals surface area contributed by atoms with E-state index in [-0.39, 0.29) is 0 Å². The molecule has 24 heavy (non-hydrogen) atoms. The number of rotatable bonds is 5. The lowest BCUT2D eigenvalue weighted by Crippen LogP contribution is -2.33. The summed E-state index contributed by atoms with van der Waals surface area (Å²) in [6.07, 6.45) is 12.0. The van der Waals surface area contributed by atoms with E-state index in [0.717, 1.165) is 5.56 Å². The van der Waals surface area contributed by atoms with Gasteiger partial charge >= 0.3 is 0 Å². The minimum absolute atomic E-state index is 0.500. The van der Waals surface area contributed by atoms with Crippen LogP contribution in [0.25, 0.3) is 0 Å². The van der Waals surface area contributed by atoms with E-state index in [4.69, 9.17) is 5.26 Å². The Hall–Kier alpha value is -2.24. The summed E-state index contributed by atoms with van der Waals surface area (Å²) in [5.41, 5.74) is 1.64. The molecule has 1 aliphatic rings. The number of nitrogens with zero attached hydrogens (tertiary/aromatic N) is 4. The number of nitriles is 2. The van der Waals surface area contributed by atoms with Crippen LogP contribution in [-0.4, -0.2) is 14.8 Å². The van der Waals surface area contributed by atoms with Crippen molar-refractivity contribution in [3.05, 3.63) is 54.1 Å². The molecule has 4 nitrogen and oxygen atoms in total. The molecule has 3 rings (SSSR count). The van der Waals surface area contributed by atoms with Crippen LogP contribution in [0.15, 0.2) is 43.0 Å². The van der Waals surface area contributed by atoms with Crippen molar-refractivity contribution in [3.63, 3.8) is 0 Å². The van der Waals surface area contributed by atoms with Gasteiger partial charge in [0.25, 0.3) is 0 Å². The van der Waals surface area contributed by atoms with Gasteiger partial charge in [0.2, 0.25) is 0 Å². The molecule has 1 saturated carbocycles. The highest BCUT2D eigenvalue weighted by Gasteiger charge is 2.36. The Labute approximate surface area is 147 Å². The fourth-order valence-electron chi connectivity index (χ4n) is 3.28. The van der Waals surface area contributed by atoms with Crippen LogP contribution < -0.4 is 0 Å². The molecule has 1 aromatic heterocycles. The molecule has 1 heterocycles. The maximum Gasteiger partial charge on any atom is 0.183 e. The van der Waals surface area contributed by atoms with Crippen molar-refractivity contribution in [2.75, 3.05) is 0 Å². The molecule has 0 bridgehead atoms. The summed E-state index contributed by atoms with van der Waals surface area (Å²) in [4.78, 5) is 3.43. The number of hydrogen-bond acceptors (Lipinski definition) is 4. The van der Waals surface area contributed by atoms with Gasteiger partial charge in [-0.1, -0.05) is 31.4 Å². The zero-order valence-electron chi connectivity index (χ0n) is 13.6. The summed E-state index contributed by atoms with van der Waals surface area (Å²) >= 11 is 1.76. The molecule has 0 amide bonds. The number of benzene rings is 1. The van der Waals surface area contributed by atoms with E-state index < -0.39 is 4.87 Å². The van der Waals surface area contributed by atoms with E-state index in [0.29, 0.717) is 17.2 Å². The molecule has 1 aliphatic carbocycles. The van der Waals surface area contributed by atoms with Gasteiger partial charge in [-0.15, -0.1) is 11.8 Å². The first-order valence-corrected chi connectivity index (χ1v) is 9.20. The fraction of sp³-hybridized carbons (Fsp3) is 0.421. The minimum atomic E-state index is -0.716. The zero-order valence-corrected chi connectivity index (χ0v) is 14.4. The summed E-state index contributed by atoms with van der Waals surface area (Å²) < 4.78 is 1.92. The number of imidazole rings is 1. The second-order valence-electron chi connectivity index (χ2n) is 6.23. The summed E-state index contributed by atoms with van der Waals surface area (Å²) in [7, 11) is 0. The van der Waals surface area contributed by atoms with Crippen molar-refractivity contribution >= 4 is 11.8 Å². The van der Waals surface area contributed by atoms with Crippen molar-refractivity contribution in [1.82, 2.24) is 9.55 Å². The van der Waals surface area contributed by atoms with Gasteiger partial charge in [0.05, 0.1) is 18.0 Å². The van der Waals surface area contributed by atoms with Gasteiger partial charge < -0.3 is 4.57 Å². The molecule has 2 aromatic rings. The molecular formula is C19H20N4S. The summed E-state index contributed by atoms with van der Waals surface area (Å²) in [6, 6.07) is 12.3. The molecule has 0 radical (unpaired) electrons. The third-order valence-corrected chi connectivity index (χ3v) is 6.15. The van der Waals surface area contributed by atoms with Crippen molar-refractivity contribution in [2.24, 2.45) is 0 Å². The number of hydrogen-bond donors (Lipinski definition) is 0. The third kappa shape index (κ3) is 3.63. The average molecular weight is 336 g/mol. The SMILES string of the molecule is N#Cc1cccc(CC(C#N)(SC2CCCCC2)n2ccnc2)c1. The van der Waals surface area contributed by atoms with Crippen molar-refractivity contribution in [1.29, 1.82) is 10.5 Å². The van der Waals surface area contributed by atoms with Crippen molar-refractivity contribution in [2.45, 2.75) is 48.6 Å². The second kappa shape index (κ2) is 7.55. The lowest BCUT2D eigenvalue weighted by Gasteiger charge is -2.33. The van der Waals surface area contributed by atoms with Crippen LogP contribution in [0, 0.1) is 22.7 Å². The fourth-order valence-corrected chi connectivity index (χ4v) is 4.93. The molecule has 1 atom stereocenters. The number of aromatic nitrogens is 2. The summed E-state index contributed by atoms with van der Waals surface area (Å²) in [6.45, 7) is 0. The molecule has 0 N–H and O–H groups in total. The van der Waals surface area contributed by atoms with Gasteiger partial charge in [0, 0.05) is 24.1 Å². The first kappa shape index (κ1) is 16.6. The van der Waals surface area contributed by atoms with Crippen molar-refractivity contribution < 1.29 is 0 Å². The Morgan fingerprint density at radius 3 is 2.75 bits per heavy atom. The largest absolute Gasteiger partial charge is 0.309 e. The van der Waals surface area contributed by atoms with Gasteiger partial charge in [-0.2, -0.15) is 10.5 Å². The van der Waals surface area contributed by atoms with Crippen LogP contribution >= 0.6 is 11.8 Å². The Bertz CT molecular complexity index is 750. The van der Waals surface area contributed by atoms with Crippen molar-refractivity contribution in [3.8, 4) is 12.1 Å². The van der Waals surface area contributed by atoms with Crippen LogP contribution in [-0.2, 0) is 11.3 Å². The van der Waals surface area contributed by atoms with Crippen LogP contribution in [0.2, 0.25) is 0 Å². The van der Waals surface area contributed by atoms with Gasteiger partial charge in [-0.05, 0) is 30.5 Å². The molecular weight excluding hydrogens is 316 g/mol. The van der Waals surface area contributed by atoms with Crippen LogP contribution in [0.4, 0.5) is 0 Å². The number of thioether (sulfide) groups is 1. The maximum atomic E-state index is 10.1. The van der Waals surface area contributed by atoms with E-state index in [2.05, 4.69) is 17.1 Å². The van der Waals surface area contributed by atoms with Crippen LogP contribution in [0.3, 0.4) is 0 Å². The normalized spacial score (nSPS) is 17.6. The molecule has 0 spiro atoms. The lowest BCUT2D eigenvalue weighted by atomic mass is 10.0. The van der Waals surface area contributed by atoms with Crippen LogP contribution in [0.1, 0.15) is 43.2 Å². The maximum absolute atomic E-state index is 10.1. The smallest absolute Gasteiger partial charge is 0.183 e. The van der Waals surface area contributed by atoms with Gasteiger partial charge in [0.15, 0.2) is 4.87 Å². The van der Waals surface area contributed by atoms with E-state index in [1.54, 1.807) is 30.4 Å². The molecule has 122 valence electrons. The minimum Gasteiger partial charge on any atom is -0.309 e. The Morgan fingerprint density at radius 1 is 1.25 bits per heavy atom. The summed E-state index contributed by atoms with van der Waals surface area (Å²) in [5.74, 6) is 0.